The first kappa shape index (κ1) is 17.5. The molecule has 25 heavy (non-hydrogen) atoms. The largest absolute Gasteiger partial charge is 0.497 e. The maximum absolute atomic E-state index is 6.09. The maximum atomic E-state index is 6.09. The van der Waals surface area contributed by atoms with Crippen LogP contribution in [-0.2, 0) is 6.42 Å². The van der Waals surface area contributed by atoms with E-state index in [9.17, 15) is 0 Å². The van der Waals surface area contributed by atoms with Gasteiger partial charge in [0.05, 0.1) is 26.5 Å². The van der Waals surface area contributed by atoms with E-state index < -0.39 is 0 Å². The summed E-state index contributed by atoms with van der Waals surface area (Å²) in [6.07, 6.45) is 1.12. The zero-order valence-corrected chi connectivity index (χ0v) is 15.3. The summed E-state index contributed by atoms with van der Waals surface area (Å²) in [5, 5.41) is 3.46. The van der Waals surface area contributed by atoms with Crippen LogP contribution in [0.2, 0.25) is 0 Å². The molecule has 6 heteroatoms. The normalized spacial score (nSPS) is 16.9. The SMILES string of the molecule is COc1ccc(OC)c(NC(N)=NCC2SCCc3ccccc32)c1. The van der Waals surface area contributed by atoms with Crippen LogP contribution in [0.1, 0.15) is 16.4 Å². The summed E-state index contributed by atoms with van der Waals surface area (Å²) in [6.45, 7) is 0.646. The molecular weight excluding hydrogens is 334 g/mol. The van der Waals surface area contributed by atoms with Gasteiger partial charge in [-0.15, -0.1) is 0 Å². The summed E-state index contributed by atoms with van der Waals surface area (Å²) < 4.78 is 10.6. The Balaban J connectivity index is 1.71. The summed E-state index contributed by atoms with van der Waals surface area (Å²) in [6, 6.07) is 14.1. The van der Waals surface area contributed by atoms with Crippen molar-refractivity contribution in [1.29, 1.82) is 0 Å². The second-order valence-electron chi connectivity index (χ2n) is 5.73. The summed E-state index contributed by atoms with van der Waals surface area (Å²) in [4.78, 5) is 4.54. The van der Waals surface area contributed by atoms with Crippen LogP contribution in [0.3, 0.4) is 0 Å². The average Bonchev–Trinajstić information content (AvgIpc) is 2.66. The summed E-state index contributed by atoms with van der Waals surface area (Å²) in [5.41, 5.74) is 9.62. The number of nitrogens with two attached hydrogens (primary N) is 1. The number of methoxy groups -OCH3 is 2. The van der Waals surface area contributed by atoms with E-state index in [1.165, 1.54) is 11.1 Å². The van der Waals surface area contributed by atoms with Crippen molar-refractivity contribution < 1.29 is 9.47 Å². The van der Waals surface area contributed by atoms with Crippen molar-refractivity contribution in [2.24, 2.45) is 10.7 Å². The first-order valence-corrected chi connectivity index (χ1v) is 9.24. The fourth-order valence-corrected chi connectivity index (χ4v) is 4.11. The molecule has 1 aliphatic rings. The molecule has 0 amide bonds. The Kier molecular flexibility index (Phi) is 5.71. The molecule has 1 unspecified atom stereocenters. The number of aliphatic imine (C=N–C) groups is 1. The molecule has 0 fully saturated rings. The molecule has 5 nitrogen and oxygen atoms in total. The van der Waals surface area contributed by atoms with Crippen LogP contribution in [0.15, 0.2) is 47.5 Å². The third-order valence-corrected chi connectivity index (χ3v) is 5.43. The predicted molar refractivity (Wildman–Crippen MR) is 105 cm³/mol. The quantitative estimate of drug-likeness (QED) is 0.633. The van der Waals surface area contributed by atoms with Gasteiger partial charge in [-0.3, -0.25) is 4.99 Å². The minimum Gasteiger partial charge on any atom is -0.497 e. The van der Waals surface area contributed by atoms with Crippen molar-refractivity contribution in [1.82, 2.24) is 0 Å². The van der Waals surface area contributed by atoms with E-state index in [-0.39, 0.29) is 0 Å². The van der Waals surface area contributed by atoms with Crippen molar-refractivity contribution in [2.45, 2.75) is 11.7 Å². The molecule has 0 saturated carbocycles. The van der Waals surface area contributed by atoms with Crippen LogP contribution < -0.4 is 20.5 Å². The summed E-state index contributed by atoms with van der Waals surface area (Å²) in [7, 11) is 3.25. The van der Waals surface area contributed by atoms with E-state index in [1.54, 1.807) is 14.2 Å². The first-order valence-electron chi connectivity index (χ1n) is 8.19. The minimum absolute atomic E-state index is 0.345. The Morgan fingerprint density at radius 1 is 1.24 bits per heavy atom. The van der Waals surface area contributed by atoms with Crippen LogP contribution in [0.25, 0.3) is 0 Å². The van der Waals surface area contributed by atoms with E-state index >= 15 is 0 Å². The number of guanidine groups is 1. The van der Waals surface area contributed by atoms with Gasteiger partial charge in [0.25, 0.3) is 0 Å². The van der Waals surface area contributed by atoms with Gasteiger partial charge >= 0.3 is 0 Å². The molecule has 3 N–H and O–H groups in total. The number of hydrogen-bond acceptors (Lipinski definition) is 4. The van der Waals surface area contributed by atoms with E-state index in [4.69, 9.17) is 15.2 Å². The van der Waals surface area contributed by atoms with Crippen LogP contribution in [-0.4, -0.2) is 32.5 Å². The highest BCUT2D eigenvalue weighted by Crippen LogP contribution is 2.36. The van der Waals surface area contributed by atoms with E-state index in [0.717, 1.165) is 23.6 Å². The Hall–Kier alpha value is -2.34. The maximum Gasteiger partial charge on any atom is 0.193 e. The Labute approximate surface area is 152 Å². The van der Waals surface area contributed by atoms with E-state index in [1.807, 2.05) is 30.0 Å². The molecule has 3 rings (SSSR count). The van der Waals surface area contributed by atoms with Gasteiger partial charge in [-0.25, -0.2) is 0 Å². The molecule has 132 valence electrons. The number of rotatable bonds is 5. The number of ether oxygens (including phenoxy) is 2. The topological polar surface area (TPSA) is 68.9 Å². The number of nitrogens with zero attached hydrogens (tertiary/aromatic N) is 1. The number of fused-ring (bicyclic) bond motifs is 1. The first-order chi connectivity index (χ1) is 12.2. The van der Waals surface area contributed by atoms with Gasteiger partial charge in [-0.2, -0.15) is 11.8 Å². The van der Waals surface area contributed by atoms with Gasteiger partial charge < -0.3 is 20.5 Å². The molecule has 2 aromatic carbocycles. The van der Waals surface area contributed by atoms with Gasteiger partial charge in [-0.05, 0) is 35.4 Å². The summed E-state index contributed by atoms with van der Waals surface area (Å²) >= 11 is 1.93. The molecule has 2 aromatic rings. The Morgan fingerprint density at radius 2 is 2.08 bits per heavy atom. The number of hydrogen-bond donors (Lipinski definition) is 2. The fourth-order valence-electron chi connectivity index (χ4n) is 2.90. The van der Waals surface area contributed by atoms with Crippen molar-refractivity contribution in [3.05, 3.63) is 53.6 Å². The molecule has 1 heterocycles. The molecule has 0 bridgehead atoms. The molecule has 0 radical (unpaired) electrons. The molecule has 1 atom stereocenters. The highest BCUT2D eigenvalue weighted by Gasteiger charge is 2.19. The zero-order chi connectivity index (χ0) is 17.6. The lowest BCUT2D eigenvalue weighted by Crippen LogP contribution is -2.24. The van der Waals surface area contributed by atoms with Crippen LogP contribution in [0, 0.1) is 0 Å². The van der Waals surface area contributed by atoms with Crippen molar-refractivity contribution in [3.8, 4) is 11.5 Å². The molecule has 1 aliphatic heterocycles. The van der Waals surface area contributed by atoms with Crippen molar-refractivity contribution >= 4 is 23.4 Å². The highest BCUT2D eigenvalue weighted by molar-refractivity contribution is 7.99. The van der Waals surface area contributed by atoms with E-state index in [0.29, 0.717) is 23.5 Å². The molecular formula is C19H23N3O2S. The van der Waals surface area contributed by atoms with Crippen molar-refractivity contribution in [3.63, 3.8) is 0 Å². The second-order valence-corrected chi connectivity index (χ2v) is 7.04. The van der Waals surface area contributed by atoms with Crippen molar-refractivity contribution in [2.75, 3.05) is 31.8 Å². The monoisotopic (exact) mass is 357 g/mol. The van der Waals surface area contributed by atoms with Crippen LogP contribution in [0.4, 0.5) is 5.69 Å². The van der Waals surface area contributed by atoms with E-state index in [2.05, 4.69) is 34.6 Å². The lowest BCUT2D eigenvalue weighted by Gasteiger charge is -2.23. The average molecular weight is 357 g/mol. The molecule has 0 aromatic heterocycles. The predicted octanol–water partition coefficient (Wildman–Crippen LogP) is 3.46. The third-order valence-electron chi connectivity index (χ3n) is 4.19. The third kappa shape index (κ3) is 4.20. The molecule has 0 aliphatic carbocycles. The number of benzene rings is 2. The van der Waals surface area contributed by atoms with Gasteiger partial charge in [-0.1, -0.05) is 24.3 Å². The number of aryl methyl sites for hydroxylation is 1. The molecule has 0 spiro atoms. The second kappa shape index (κ2) is 8.16. The smallest absolute Gasteiger partial charge is 0.193 e. The highest BCUT2D eigenvalue weighted by atomic mass is 32.2. The van der Waals surface area contributed by atoms with Crippen LogP contribution >= 0.6 is 11.8 Å². The minimum atomic E-state index is 0.345. The lowest BCUT2D eigenvalue weighted by molar-refractivity contribution is 0.405. The fraction of sp³-hybridized carbons (Fsp3) is 0.316. The standard InChI is InChI=1S/C19H23N3O2S/c1-23-14-7-8-17(24-2)16(11-14)22-19(20)21-12-18-15-6-4-3-5-13(15)9-10-25-18/h3-8,11,18H,9-10,12H2,1-2H3,(H3,20,21,22). The molecule has 0 saturated heterocycles. The number of nitrogens with one attached hydrogen (secondary N) is 1. The number of anilines is 1. The number of thioether (sulfide) groups is 1. The zero-order valence-electron chi connectivity index (χ0n) is 14.5. The summed E-state index contributed by atoms with van der Waals surface area (Å²) in [5.74, 6) is 2.91. The lowest BCUT2D eigenvalue weighted by atomic mass is 10.0. The van der Waals surface area contributed by atoms with Gasteiger partial charge in [0, 0.05) is 11.3 Å². The Bertz CT molecular complexity index is 764. The van der Waals surface area contributed by atoms with Gasteiger partial charge in [0.1, 0.15) is 11.5 Å². The Morgan fingerprint density at radius 3 is 2.88 bits per heavy atom. The van der Waals surface area contributed by atoms with Gasteiger partial charge in [0.15, 0.2) is 5.96 Å². The van der Waals surface area contributed by atoms with Crippen LogP contribution in [0.5, 0.6) is 11.5 Å². The van der Waals surface area contributed by atoms with Gasteiger partial charge in [0.2, 0.25) is 0 Å².